The normalized spacial score (nSPS) is 12.4. The molecule has 0 unspecified atom stereocenters. The monoisotopic (exact) mass is 253 g/mol. The minimum atomic E-state index is -0.681. The van der Waals surface area contributed by atoms with Gasteiger partial charge in [0.25, 0.3) is 0 Å². The van der Waals surface area contributed by atoms with E-state index in [1.165, 1.54) is 23.5 Å². The lowest BCUT2D eigenvalue weighted by molar-refractivity contribution is 0.198. The summed E-state index contributed by atoms with van der Waals surface area (Å²) in [5.41, 5.74) is 2.23. The smallest absolute Gasteiger partial charge is 0.165 e. The number of ether oxygens (including phenoxy) is 1. The number of halogens is 1. The van der Waals surface area contributed by atoms with Gasteiger partial charge in [-0.15, -0.1) is 11.3 Å². The SMILES string of the molecule is C[C@@H](O)c1ccc(OCc2cncs2)c(F)c1. The summed E-state index contributed by atoms with van der Waals surface area (Å²) in [6.07, 6.45) is 1.01. The van der Waals surface area contributed by atoms with E-state index in [1.54, 1.807) is 24.7 Å². The first-order chi connectivity index (χ1) is 8.16. The van der Waals surface area contributed by atoms with Crippen molar-refractivity contribution in [1.82, 2.24) is 4.98 Å². The number of hydrogen-bond donors (Lipinski definition) is 1. The summed E-state index contributed by atoms with van der Waals surface area (Å²) in [7, 11) is 0. The van der Waals surface area contributed by atoms with E-state index in [4.69, 9.17) is 4.74 Å². The molecule has 1 heterocycles. The minimum absolute atomic E-state index is 0.183. The second-order valence-electron chi connectivity index (χ2n) is 3.62. The largest absolute Gasteiger partial charge is 0.485 e. The Kier molecular flexibility index (Phi) is 3.71. The van der Waals surface area contributed by atoms with Gasteiger partial charge in [-0.2, -0.15) is 0 Å². The molecular weight excluding hydrogens is 241 g/mol. The lowest BCUT2D eigenvalue weighted by Crippen LogP contribution is -1.98. The van der Waals surface area contributed by atoms with E-state index < -0.39 is 11.9 Å². The van der Waals surface area contributed by atoms with Crippen LogP contribution in [0, 0.1) is 5.82 Å². The zero-order valence-corrected chi connectivity index (χ0v) is 10.1. The number of rotatable bonds is 4. The average Bonchev–Trinajstić information content (AvgIpc) is 2.80. The minimum Gasteiger partial charge on any atom is -0.485 e. The van der Waals surface area contributed by atoms with Gasteiger partial charge in [-0.1, -0.05) is 6.07 Å². The van der Waals surface area contributed by atoms with Gasteiger partial charge in [0.15, 0.2) is 11.6 Å². The molecule has 0 aliphatic heterocycles. The zero-order valence-electron chi connectivity index (χ0n) is 9.26. The fourth-order valence-corrected chi connectivity index (χ4v) is 1.86. The van der Waals surface area contributed by atoms with Crippen molar-refractivity contribution in [1.29, 1.82) is 0 Å². The van der Waals surface area contributed by atoms with Crippen molar-refractivity contribution in [3.8, 4) is 5.75 Å². The van der Waals surface area contributed by atoms with Gasteiger partial charge < -0.3 is 9.84 Å². The van der Waals surface area contributed by atoms with Gasteiger partial charge in [-0.05, 0) is 24.6 Å². The standard InChI is InChI=1S/C12H12FNO2S/c1-8(15)9-2-3-12(11(13)4-9)16-6-10-5-14-7-17-10/h2-5,7-8,15H,6H2,1H3/t8-/m1/s1. The van der Waals surface area contributed by atoms with E-state index in [1.807, 2.05) is 0 Å². The molecule has 1 aromatic carbocycles. The molecule has 0 saturated carbocycles. The Morgan fingerprint density at radius 2 is 2.35 bits per heavy atom. The molecule has 1 N–H and O–H groups in total. The first-order valence-corrected chi connectivity index (χ1v) is 6.02. The number of aliphatic hydroxyl groups excluding tert-OH is 1. The maximum absolute atomic E-state index is 13.6. The Morgan fingerprint density at radius 1 is 1.53 bits per heavy atom. The predicted octanol–water partition coefficient (Wildman–Crippen LogP) is 2.91. The first kappa shape index (κ1) is 12.0. The molecule has 3 nitrogen and oxygen atoms in total. The Bertz CT molecular complexity index is 485. The molecule has 2 aromatic rings. The van der Waals surface area contributed by atoms with Crippen LogP contribution < -0.4 is 4.74 Å². The van der Waals surface area contributed by atoms with Gasteiger partial charge in [0, 0.05) is 6.20 Å². The van der Waals surface area contributed by atoms with Crippen LogP contribution in [0.5, 0.6) is 5.75 Å². The molecule has 2 rings (SSSR count). The molecule has 0 aliphatic carbocycles. The summed E-state index contributed by atoms with van der Waals surface area (Å²) in [6.45, 7) is 1.89. The summed E-state index contributed by atoms with van der Waals surface area (Å²) in [4.78, 5) is 4.84. The number of thiazole rings is 1. The van der Waals surface area contributed by atoms with Crippen molar-refractivity contribution in [2.45, 2.75) is 19.6 Å². The molecule has 0 radical (unpaired) electrons. The van der Waals surface area contributed by atoms with Crippen molar-refractivity contribution in [3.63, 3.8) is 0 Å². The predicted molar refractivity (Wildman–Crippen MR) is 63.5 cm³/mol. The molecule has 0 saturated heterocycles. The van der Waals surface area contributed by atoms with Crippen molar-refractivity contribution in [2.75, 3.05) is 0 Å². The van der Waals surface area contributed by atoms with Crippen LogP contribution in [0.25, 0.3) is 0 Å². The van der Waals surface area contributed by atoms with Crippen LogP contribution in [-0.4, -0.2) is 10.1 Å². The number of aromatic nitrogens is 1. The first-order valence-electron chi connectivity index (χ1n) is 5.14. The lowest BCUT2D eigenvalue weighted by Gasteiger charge is -2.09. The van der Waals surface area contributed by atoms with Crippen molar-refractivity contribution >= 4 is 11.3 Å². The lowest BCUT2D eigenvalue weighted by atomic mass is 10.1. The van der Waals surface area contributed by atoms with Crippen LogP contribution in [0.3, 0.4) is 0 Å². The van der Waals surface area contributed by atoms with E-state index in [0.717, 1.165) is 4.88 Å². The Labute approximate surface area is 103 Å². The second kappa shape index (κ2) is 5.25. The van der Waals surface area contributed by atoms with E-state index in [9.17, 15) is 9.50 Å². The fourth-order valence-electron chi connectivity index (χ4n) is 1.36. The topological polar surface area (TPSA) is 42.4 Å². The highest BCUT2D eigenvalue weighted by atomic mass is 32.1. The maximum atomic E-state index is 13.6. The highest BCUT2D eigenvalue weighted by Crippen LogP contribution is 2.23. The van der Waals surface area contributed by atoms with Crippen molar-refractivity contribution in [2.24, 2.45) is 0 Å². The summed E-state index contributed by atoms with van der Waals surface area (Å²) >= 11 is 1.46. The highest BCUT2D eigenvalue weighted by molar-refractivity contribution is 7.09. The average molecular weight is 253 g/mol. The summed E-state index contributed by atoms with van der Waals surface area (Å²) in [5.74, 6) is -0.282. The molecular formula is C12H12FNO2S. The third kappa shape index (κ3) is 3.01. The molecule has 1 aromatic heterocycles. The molecule has 0 aliphatic rings. The maximum Gasteiger partial charge on any atom is 0.165 e. The van der Waals surface area contributed by atoms with Crippen LogP contribution >= 0.6 is 11.3 Å². The van der Waals surface area contributed by atoms with Gasteiger partial charge >= 0.3 is 0 Å². The highest BCUT2D eigenvalue weighted by Gasteiger charge is 2.08. The molecule has 1 atom stereocenters. The number of aliphatic hydroxyl groups is 1. The van der Waals surface area contributed by atoms with Crippen LogP contribution in [0.1, 0.15) is 23.5 Å². The Morgan fingerprint density at radius 3 is 2.94 bits per heavy atom. The Hall–Kier alpha value is -1.46. The van der Waals surface area contributed by atoms with E-state index in [2.05, 4.69) is 4.98 Å². The summed E-state index contributed by atoms with van der Waals surface area (Å²) in [5, 5.41) is 9.31. The quantitative estimate of drug-likeness (QED) is 0.911. The van der Waals surface area contributed by atoms with Crippen LogP contribution in [0.2, 0.25) is 0 Å². The van der Waals surface area contributed by atoms with E-state index in [-0.39, 0.29) is 5.75 Å². The van der Waals surface area contributed by atoms with E-state index >= 15 is 0 Å². The van der Waals surface area contributed by atoms with Gasteiger partial charge in [0.2, 0.25) is 0 Å². The molecule has 5 heteroatoms. The third-order valence-electron chi connectivity index (χ3n) is 2.29. The van der Waals surface area contributed by atoms with Crippen molar-refractivity contribution < 1.29 is 14.2 Å². The number of hydrogen-bond acceptors (Lipinski definition) is 4. The van der Waals surface area contributed by atoms with E-state index in [0.29, 0.717) is 12.2 Å². The van der Waals surface area contributed by atoms with Gasteiger partial charge in [0.05, 0.1) is 16.5 Å². The fraction of sp³-hybridized carbons (Fsp3) is 0.250. The molecule has 90 valence electrons. The van der Waals surface area contributed by atoms with Crippen LogP contribution in [0.4, 0.5) is 4.39 Å². The molecule has 17 heavy (non-hydrogen) atoms. The summed E-state index contributed by atoms with van der Waals surface area (Å²) in [6, 6.07) is 4.46. The molecule has 0 amide bonds. The van der Waals surface area contributed by atoms with Crippen molar-refractivity contribution in [3.05, 3.63) is 46.2 Å². The molecule has 0 spiro atoms. The Balaban J connectivity index is 2.06. The van der Waals surface area contributed by atoms with Crippen LogP contribution in [0.15, 0.2) is 29.9 Å². The number of benzene rings is 1. The zero-order chi connectivity index (χ0) is 12.3. The van der Waals surface area contributed by atoms with Gasteiger partial charge in [0.1, 0.15) is 6.61 Å². The molecule has 0 fully saturated rings. The third-order valence-corrected chi connectivity index (χ3v) is 3.04. The van der Waals surface area contributed by atoms with Crippen LogP contribution in [-0.2, 0) is 6.61 Å². The second-order valence-corrected chi connectivity index (χ2v) is 4.59. The summed E-state index contributed by atoms with van der Waals surface area (Å²) < 4.78 is 18.9. The number of nitrogens with zero attached hydrogens (tertiary/aromatic N) is 1. The van der Waals surface area contributed by atoms with Gasteiger partial charge in [-0.3, -0.25) is 4.98 Å². The van der Waals surface area contributed by atoms with Gasteiger partial charge in [-0.25, -0.2) is 4.39 Å². The molecule has 0 bridgehead atoms.